The van der Waals surface area contributed by atoms with Gasteiger partial charge in [0, 0.05) is 0 Å². The lowest BCUT2D eigenvalue weighted by molar-refractivity contribution is -0.161. The fourth-order valence-corrected chi connectivity index (χ4v) is 4.86. The minimum atomic E-state index is -3.58. The Morgan fingerprint density at radius 2 is 1.85 bits per heavy atom. The lowest BCUT2D eigenvalue weighted by atomic mass is 10.2. The summed E-state index contributed by atoms with van der Waals surface area (Å²) in [6, 6.07) is 8.19. The number of aliphatic hydroxyl groups is 1. The molecule has 0 unspecified atom stereocenters. The van der Waals surface area contributed by atoms with Gasteiger partial charge in [0.1, 0.15) is 12.2 Å². The first-order valence-corrected chi connectivity index (χ1v) is 8.18. The Balaban J connectivity index is 1.88. The molecule has 1 aromatic carbocycles. The van der Waals surface area contributed by atoms with Gasteiger partial charge >= 0.3 is 0 Å². The minimum absolute atomic E-state index is 0.225. The summed E-state index contributed by atoms with van der Waals surface area (Å²) in [5, 5.41) is 9.43. The van der Waals surface area contributed by atoms with E-state index in [2.05, 4.69) is 0 Å². The summed E-state index contributed by atoms with van der Waals surface area (Å²) in [6.07, 6.45) is -1.75. The Hall–Kier alpha value is -0.950. The van der Waals surface area contributed by atoms with E-state index < -0.39 is 33.1 Å². The molecule has 1 aliphatic heterocycles. The van der Waals surface area contributed by atoms with Crippen LogP contribution in [0.1, 0.15) is 20.3 Å². The van der Waals surface area contributed by atoms with Crippen LogP contribution in [0.15, 0.2) is 35.2 Å². The highest BCUT2D eigenvalue weighted by molar-refractivity contribution is 7.92. The van der Waals surface area contributed by atoms with Crippen molar-refractivity contribution in [1.29, 1.82) is 0 Å². The largest absolute Gasteiger partial charge is 0.389 e. The molecule has 1 aromatic rings. The average molecular weight is 298 g/mol. The third-order valence-corrected chi connectivity index (χ3v) is 6.07. The molecule has 6 heteroatoms. The molecule has 0 amide bonds. The van der Waals surface area contributed by atoms with Crippen molar-refractivity contribution in [2.45, 2.75) is 54.5 Å². The van der Waals surface area contributed by atoms with Gasteiger partial charge in [0.2, 0.25) is 0 Å². The zero-order valence-corrected chi connectivity index (χ0v) is 12.2. The smallest absolute Gasteiger partial charge is 0.183 e. The lowest BCUT2D eigenvalue weighted by Gasteiger charge is -2.23. The summed E-state index contributed by atoms with van der Waals surface area (Å²) in [5.74, 6) is -0.766. The predicted octanol–water partition coefficient (Wildman–Crippen LogP) is 1.11. The third-order valence-electron chi connectivity index (χ3n) is 3.87. The molecule has 1 heterocycles. The molecule has 0 aromatic heterocycles. The quantitative estimate of drug-likeness (QED) is 0.885. The van der Waals surface area contributed by atoms with Gasteiger partial charge in [-0.15, -0.1) is 0 Å². The van der Waals surface area contributed by atoms with Crippen LogP contribution in [0.5, 0.6) is 0 Å². The number of fused-ring (bicyclic) bond motifs is 1. The monoisotopic (exact) mass is 298 g/mol. The van der Waals surface area contributed by atoms with Crippen LogP contribution in [0.2, 0.25) is 0 Å². The first-order valence-electron chi connectivity index (χ1n) is 6.64. The van der Waals surface area contributed by atoms with Gasteiger partial charge in [0.25, 0.3) is 0 Å². The van der Waals surface area contributed by atoms with Crippen LogP contribution in [0, 0.1) is 0 Å². The van der Waals surface area contributed by atoms with Gasteiger partial charge in [0.05, 0.1) is 16.2 Å². The predicted molar refractivity (Wildman–Crippen MR) is 71.9 cm³/mol. The van der Waals surface area contributed by atoms with Crippen LogP contribution < -0.4 is 0 Å². The first kappa shape index (κ1) is 14.0. The molecular weight excluding hydrogens is 280 g/mol. The van der Waals surface area contributed by atoms with Crippen LogP contribution in [-0.2, 0) is 19.3 Å². The SMILES string of the molecule is CC1(C)O[C@H]2[C@@H](O)[C@H](S(=O)(=O)c3ccccc3)C[C@H]2O1. The van der Waals surface area contributed by atoms with Gasteiger partial charge in [-0.2, -0.15) is 0 Å². The zero-order chi connectivity index (χ0) is 14.5. The fraction of sp³-hybridized carbons (Fsp3) is 0.571. The van der Waals surface area contributed by atoms with Crippen LogP contribution >= 0.6 is 0 Å². The van der Waals surface area contributed by atoms with E-state index in [-0.39, 0.29) is 17.4 Å². The van der Waals surface area contributed by atoms with Crippen LogP contribution in [0.4, 0.5) is 0 Å². The summed E-state index contributed by atoms with van der Waals surface area (Å²) in [7, 11) is -3.58. The molecule has 2 aliphatic rings. The van der Waals surface area contributed by atoms with Gasteiger partial charge in [-0.1, -0.05) is 18.2 Å². The second kappa shape index (κ2) is 4.53. The first-order chi connectivity index (χ1) is 9.31. The maximum absolute atomic E-state index is 12.6. The highest BCUT2D eigenvalue weighted by atomic mass is 32.2. The second-order valence-corrected chi connectivity index (χ2v) is 7.93. The maximum atomic E-state index is 12.6. The Morgan fingerprint density at radius 3 is 2.45 bits per heavy atom. The molecule has 1 aliphatic carbocycles. The molecule has 110 valence electrons. The van der Waals surface area contributed by atoms with Crippen LogP contribution in [0.3, 0.4) is 0 Å². The molecule has 2 fully saturated rings. The van der Waals surface area contributed by atoms with Crippen molar-refractivity contribution in [3.8, 4) is 0 Å². The Bertz CT molecular complexity index is 595. The van der Waals surface area contributed by atoms with Crippen molar-refractivity contribution in [2.24, 2.45) is 0 Å². The Labute approximate surface area is 118 Å². The fourth-order valence-electron chi connectivity index (χ4n) is 3.01. The van der Waals surface area contributed by atoms with E-state index in [1.807, 2.05) is 0 Å². The number of ether oxygens (including phenoxy) is 2. The molecule has 1 saturated heterocycles. The Kier molecular flexibility index (Phi) is 3.17. The molecule has 0 radical (unpaired) electrons. The summed E-state index contributed by atoms with van der Waals surface area (Å²) in [5.41, 5.74) is 0. The van der Waals surface area contributed by atoms with Crippen molar-refractivity contribution in [1.82, 2.24) is 0 Å². The standard InChI is InChI=1S/C14H18O5S/c1-14(2)18-10-8-11(12(15)13(10)19-14)20(16,17)9-6-4-3-5-7-9/h3-7,10-13,15H,8H2,1-2H3/t10-,11-,12+,13-/m1/s1. The molecule has 1 N–H and O–H groups in total. The molecule has 1 saturated carbocycles. The van der Waals surface area contributed by atoms with Crippen LogP contribution in [0.25, 0.3) is 0 Å². The molecule has 0 bridgehead atoms. The van der Waals surface area contributed by atoms with Crippen molar-refractivity contribution in [3.05, 3.63) is 30.3 Å². The molecule has 5 nitrogen and oxygen atoms in total. The van der Waals surface area contributed by atoms with E-state index in [0.717, 1.165) is 0 Å². The van der Waals surface area contributed by atoms with Gasteiger partial charge in [-0.25, -0.2) is 8.42 Å². The highest BCUT2D eigenvalue weighted by Gasteiger charge is 2.56. The van der Waals surface area contributed by atoms with Gasteiger partial charge in [0.15, 0.2) is 15.6 Å². The van der Waals surface area contributed by atoms with Gasteiger partial charge < -0.3 is 14.6 Å². The zero-order valence-electron chi connectivity index (χ0n) is 11.4. The van der Waals surface area contributed by atoms with Crippen molar-refractivity contribution in [2.75, 3.05) is 0 Å². The minimum Gasteiger partial charge on any atom is -0.389 e. The topological polar surface area (TPSA) is 72.8 Å². The van der Waals surface area contributed by atoms with Crippen molar-refractivity contribution < 1.29 is 23.0 Å². The number of rotatable bonds is 2. The maximum Gasteiger partial charge on any atom is 0.183 e. The second-order valence-electron chi connectivity index (χ2n) is 5.76. The summed E-state index contributed by atoms with van der Waals surface area (Å²) < 4.78 is 36.4. The van der Waals surface area contributed by atoms with E-state index >= 15 is 0 Å². The van der Waals surface area contributed by atoms with E-state index in [0.29, 0.717) is 0 Å². The van der Waals surface area contributed by atoms with Crippen molar-refractivity contribution in [3.63, 3.8) is 0 Å². The van der Waals surface area contributed by atoms with E-state index in [1.165, 1.54) is 0 Å². The number of aliphatic hydroxyl groups excluding tert-OH is 1. The van der Waals surface area contributed by atoms with Crippen molar-refractivity contribution >= 4 is 9.84 Å². The van der Waals surface area contributed by atoms with E-state index in [4.69, 9.17) is 9.47 Å². The third kappa shape index (κ3) is 2.16. The highest BCUT2D eigenvalue weighted by Crippen LogP contribution is 2.41. The molecule has 3 rings (SSSR count). The summed E-state index contributed by atoms with van der Waals surface area (Å²) in [6.45, 7) is 3.53. The van der Waals surface area contributed by atoms with E-state index in [1.54, 1.807) is 44.2 Å². The van der Waals surface area contributed by atoms with Gasteiger partial charge in [-0.05, 0) is 32.4 Å². The summed E-state index contributed by atoms with van der Waals surface area (Å²) in [4.78, 5) is 0.225. The number of benzene rings is 1. The number of sulfone groups is 1. The van der Waals surface area contributed by atoms with Crippen LogP contribution in [-0.4, -0.2) is 42.9 Å². The average Bonchev–Trinajstić information content (AvgIpc) is 2.85. The molecule has 20 heavy (non-hydrogen) atoms. The molecule has 4 atom stereocenters. The summed E-state index contributed by atoms with van der Waals surface area (Å²) >= 11 is 0. The number of hydrogen-bond acceptors (Lipinski definition) is 5. The van der Waals surface area contributed by atoms with Gasteiger partial charge in [-0.3, -0.25) is 0 Å². The molecular formula is C14H18O5S. The Morgan fingerprint density at radius 1 is 1.20 bits per heavy atom. The van der Waals surface area contributed by atoms with E-state index in [9.17, 15) is 13.5 Å². The number of hydrogen-bond donors (Lipinski definition) is 1. The lowest BCUT2D eigenvalue weighted by Crippen LogP contribution is -2.38. The molecule has 0 spiro atoms. The normalized spacial score (nSPS) is 36.0.